The average molecular weight is 421 g/mol. The Bertz CT molecular complexity index is 1110. The van der Waals surface area contributed by atoms with Crippen molar-refractivity contribution in [3.8, 4) is 5.69 Å². The molecule has 4 rings (SSSR count). The molecule has 0 saturated heterocycles. The van der Waals surface area contributed by atoms with Crippen molar-refractivity contribution in [2.24, 2.45) is 0 Å². The molecule has 2 aromatic carbocycles. The Morgan fingerprint density at radius 1 is 1.03 bits per heavy atom. The maximum Gasteiger partial charge on any atom is 0.276 e. The number of hydrogen-bond donors (Lipinski definition) is 1. The number of nitrogens with zero attached hydrogens (tertiary/aromatic N) is 3. The minimum atomic E-state index is -0.272. The van der Waals surface area contributed by atoms with Crippen molar-refractivity contribution in [1.82, 2.24) is 14.8 Å². The van der Waals surface area contributed by atoms with Crippen molar-refractivity contribution in [3.05, 3.63) is 102 Å². The van der Waals surface area contributed by atoms with E-state index in [9.17, 15) is 4.79 Å². The van der Waals surface area contributed by atoms with Crippen LogP contribution >= 0.6 is 23.4 Å². The van der Waals surface area contributed by atoms with Gasteiger partial charge in [-0.05, 0) is 54.1 Å². The molecule has 5 nitrogen and oxygen atoms in total. The number of thioether (sulfide) groups is 1. The third kappa shape index (κ3) is 4.85. The summed E-state index contributed by atoms with van der Waals surface area (Å²) in [4.78, 5) is 17.8. The molecule has 0 atom stereocenters. The summed E-state index contributed by atoms with van der Waals surface area (Å²) < 4.78 is 1.59. The van der Waals surface area contributed by atoms with Crippen molar-refractivity contribution in [3.63, 3.8) is 0 Å². The Morgan fingerprint density at radius 3 is 2.62 bits per heavy atom. The van der Waals surface area contributed by atoms with Crippen LogP contribution in [0.5, 0.6) is 0 Å². The predicted molar refractivity (Wildman–Crippen MR) is 117 cm³/mol. The summed E-state index contributed by atoms with van der Waals surface area (Å²) in [5, 5.41) is 7.77. The Hall–Kier alpha value is -3.09. The number of benzene rings is 2. The fourth-order valence-electron chi connectivity index (χ4n) is 2.70. The van der Waals surface area contributed by atoms with E-state index in [1.807, 2.05) is 54.7 Å². The molecule has 2 heterocycles. The van der Waals surface area contributed by atoms with Gasteiger partial charge in [0.25, 0.3) is 5.91 Å². The van der Waals surface area contributed by atoms with Gasteiger partial charge in [-0.1, -0.05) is 29.8 Å². The standard InChI is InChI=1S/C22H17ClN4OS/c23-19-5-1-2-6-21(19)27-13-11-20(26-27)22(28)25-17-7-9-18(10-8-17)29-15-16-4-3-12-24-14-16/h1-14H,15H2,(H,25,28). The van der Waals surface area contributed by atoms with Gasteiger partial charge in [0.1, 0.15) is 0 Å². The van der Waals surface area contributed by atoms with E-state index in [0.29, 0.717) is 16.4 Å². The number of aromatic nitrogens is 3. The van der Waals surface area contributed by atoms with Crippen LogP contribution in [-0.4, -0.2) is 20.7 Å². The zero-order valence-corrected chi connectivity index (χ0v) is 16.9. The first kappa shape index (κ1) is 19.2. The first-order chi connectivity index (χ1) is 14.2. The second kappa shape index (κ2) is 8.94. The van der Waals surface area contributed by atoms with E-state index < -0.39 is 0 Å². The van der Waals surface area contributed by atoms with Gasteiger partial charge in [0.2, 0.25) is 0 Å². The quantitative estimate of drug-likeness (QED) is 0.420. The number of hydrogen-bond acceptors (Lipinski definition) is 4. The van der Waals surface area contributed by atoms with Crippen LogP contribution in [0.25, 0.3) is 5.69 Å². The molecule has 144 valence electrons. The van der Waals surface area contributed by atoms with E-state index >= 15 is 0 Å². The Morgan fingerprint density at radius 2 is 1.86 bits per heavy atom. The SMILES string of the molecule is O=C(Nc1ccc(SCc2cccnc2)cc1)c1ccn(-c2ccccc2Cl)n1. The van der Waals surface area contributed by atoms with Gasteiger partial charge in [-0.25, -0.2) is 4.68 Å². The molecule has 0 spiro atoms. The van der Waals surface area contributed by atoms with E-state index in [2.05, 4.69) is 21.5 Å². The number of carbonyl (C=O) groups is 1. The molecule has 2 aromatic heterocycles. The number of carbonyl (C=O) groups excluding carboxylic acids is 1. The lowest BCUT2D eigenvalue weighted by atomic mass is 10.3. The van der Waals surface area contributed by atoms with Crippen LogP contribution in [0.3, 0.4) is 0 Å². The summed E-state index contributed by atoms with van der Waals surface area (Å²) in [7, 11) is 0. The Labute approximate surface area is 177 Å². The Balaban J connectivity index is 1.38. The highest BCUT2D eigenvalue weighted by molar-refractivity contribution is 7.98. The molecule has 0 aliphatic carbocycles. The summed E-state index contributed by atoms with van der Waals surface area (Å²) >= 11 is 7.91. The number of pyridine rings is 1. The van der Waals surface area contributed by atoms with Crippen molar-refractivity contribution in [2.45, 2.75) is 10.6 Å². The summed E-state index contributed by atoms with van der Waals surface area (Å²) in [5.74, 6) is 0.575. The summed E-state index contributed by atoms with van der Waals surface area (Å²) in [6.07, 6.45) is 5.35. The lowest BCUT2D eigenvalue weighted by Gasteiger charge is -2.06. The lowest BCUT2D eigenvalue weighted by Crippen LogP contribution is -2.13. The van der Waals surface area contributed by atoms with Gasteiger partial charge < -0.3 is 5.32 Å². The maximum absolute atomic E-state index is 12.5. The first-order valence-corrected chi connectivity index (χ1v) is 10.3. The largest absolute Gasteiger partial charge is 0.321 e. The smallest absolute Gasteiger partial charge is 0.276 e. The maximum atomic E-state index is 12.5. The highest BCUT2D eigenvalue weighted by atomic mass is 35.5. The van der Waals surface area contributed by atoms with Crippen LogP contribution in [0, 0.1) is 0 Å². The molecular formula is C22H17ClN4OS. The molecule has 0 bridgehead atoms. The molecule has 0 saturated carbocycles. The fourth-order valence-corrected chi connectivity index (χ4v) is 3.75. The number of anilines is 1. The molecule has 1 N–H and O–H groups in total. The van der Waals surface area contributed by atoms with Gasteiger partial charge in [-0.15, -0.1) is 11.8 Å². The van der Waals surface area contributed by atoms with Crippen LogP contribution in [0.1, 0.15) is 16.1 Å². The van der Waals surface area contributed by atoms with Crippen LogP contribution in [0.15, 0.2) is 90.2 Å². The third-order valence-corrected chi connectivity index (χ3v) is 5.56. The molecule has 0 radical (unpaired) electrons. The van der Waals surface area contributed by atoms with Crippen LogP contribution in [0.2, 0.25) is 5.02 Å². The number of nitrogens with one attached hydrogen (secondary N) is 1. The van der Waals surface area contributed by atoms with E-state index in [-0.39, 0.29) is 5.91 Å². The minimum absolute atomic E-state index is 0.272. The fraction of sp³-hybridized carbons (Fsp3) is 0.0455. The summed E-state index contributed by atoms with van der Waals surface area (Å²) in [6, 6.07) is 20.7. The van der Waals surface area contributed by atoms with Gasteiger partial charge >= 0.3 is 0 Å². The molecule has 0 aliphatic rings. The topological polar surface area (TPSA) is 59.8 Å². The molecule has 0 aliphatic heterocycles. The van der Waals surface area contributed by atoms with E-state index in [4.69, 9.17) is 11.6 Å². The van der Waals surface area contributed by atoms with Gasteiger partial charge in [0, 0.05) is 34.9 Å². The molecule has 7 heteroatoms. The first-order valence-electron chi connectivity index (χ1n) is 8.93. The van der Waals surface area contributed by atoms with Crippen molar-refractivity contribution in [2.75, 3.05) is 5.32 Å². The van der Waals surface area contributed by atoms with Crippen LogP contribution in [-0.2, 0) is 5.75 Å². The number of amides is 1. The lowest BCUT2D eigenvalue weighted by molar-refractivity contribution is 0.102. The average Bonchev–Trinajstić information content (AvgIpc) is 3.24. The third-order valence-electron chi connectivity index (χ3n) is 4.16. The molecule has 1 amide bonds. The normalized spacial score (nSPS) is 10.7. The second-order valence-corrected chi connectivity index (χ2v) is 7.68. The van der Waals surface area contributed by atoms with Crippen molar-refractivity contribution >= 4 is 35.0 Å². The zero-order chi connectivity index (χ0) is 20.1. The van der Waals surface area contributed by atoms with E-state index in [1.165, 1.54) is 5.56 Å². The molecular weight excluding hydrogens is 404 g/mol. The summed E-state index contributed by atoms with van der Waals surface area (Å²) in [5.41, 5.74) is 2.93. The zero-order valence-electron chi connectivity index (χ0n) is 15.3. The molecule has 0 fully saturated rings. The predicted octanol–water partition coefficient (Wildman–Crippen LogP) is 5.47. The van der Waals surface area contributed by atoms with E-state index in [0.717, 1.165) is 16.3 Å². The molecule has 4 aromatic rings. The Kier molecular flexibility index (Phi) is 5.93. The number of para-hydroxylation sites is 1. The number of halogens is 1. The summed E-state index contributed by atoms with van der Waals surface area (Å²) in [6.45, 7) is 0. The monoisotopic (exact) mass is 420 g/mol. The van der Waals surface area contributed by atoms with E-state index in [1.54, 1.807) is 41.0 Å². The van der Waals surface area contributed by atoms with Crippen LogP contribution < -0.4 is 5.32 Å². The van der Waals surface area contributed by atoms with Gasteiger partial charge in [-0.3, -0.25) is 9.78 Å². The van der Waals surface area contributed by atoms with Crippen molar-refractivity contribution in [1.29, 1.82) is 0 Å². The van der Waals surface area contributed by atoms with Crippen molar-refractivity contribution < 1.29 is 4.79 Å². The highest BCUT2D eigenvalue weighted by Crippen LogP contribution is 2.24. The highest BCUT2D eigenvalue weighted by Gasteiger charge is 2.12. The number of rotatable bonds is 6. The van der Waals surface area contributed by atoms with Gasteiger partial charge in [0.15, 0.2) is 5.69 Å². The van der Waals surface area contributed by atoms with Crippen LogP contribution in [0.4, 0.5) is 5.69 Å². The molecule has 0 unspecified atom stereocenters. The van der Waals surface area contributed by atoms with Gasteiger partial charge in [0.05, 0.1) is 10.7 Å². The molecule has 29 heavy (non-hydrogen) atoms. The van der Waals surface area contributed by atoms with Gasteiger partial charge in [-0.2, -0.15) is 5.10 Å². The minimum Gasteiger partial charge on any atom is -0.321 e. The second-order valence-electron chi connectivity index (χ2n) is 6.23.